The average molecular weight is 334 g/mol. The molecule has 1 aromatic carbocycles. The van der Waals surface area contributed by atoms with Crippen molar-refractivity contribution in [2.75, 3.05) is 0 Å². The van der Waals surface area contributed by atoms with Crippen molar-refractivity contribution in [2.24, 2.45) is 0 Å². The number of alkyl halides is 3. The molecule has 0 saturated heterocycles. The van der Waals surface area contributed by atoms with Crippen molar-refractivity contribution in [2.45, 2.75) is 12.3 Å². The summed E-state index contributed by atoms with van der Waals surface area (Å²) in [6.45, 7) is 0. The third-order valence-electron chi connectivity index (χ3n) is 1.57. The first-order valence-corrected chi connectivity index (χ1v) is 5.10. The van der Waals surface area contributed by atoms with Crippen LogP contribution in [0.3, 0.4) is 0 Å². The Morgan fingerprint density at radius 3 is 2.14 bits per heavy atom. The Bertz CT molecular complexity index is 338. The fraction of sp³-hybridized carbons (Fsp3) is 0.250. The van der Waals surface area contributed by atoms with Crippen LogP contribution in [0.4, 0.5) is 13.2 Å². The molecule has 78 valence electrons. The lowest BCUT2D eigenvalue weighted by molar-refractivity contribution is -0.206. The van der Waals surface area contributed by atoms with E-state index in [0.29, 0.717) is 8.95 Å². The van der Waals surface area contributed by atoms with Crippen molar-refractivity contribution in [1.82, 2.24) is 0 Å². The maximum Gasteiger partial charge on any atom is 0.418 e. The molecule has 0 bridgehead atoms. The van der Waals surface area contributed by atoms with Gasteiger partial charge in [-0.25, -0.2) is 0 Å². The number of aliphatic hydroxyl groups is 1. The standard InChI is InChI=1S/C8H5Br2F3O/c9-5-2-1-4(3-6(5)10)7(14)8(11,12)13/h1-3,7,14H/t7-/m1/s1. The van der Waals surface area contributed by atoms with Crippen molar-refractivity contribution in [1.29, 1.82) is 0 Å². The third-order valence-corrected chi connectivity index (χ3v) is 3.45. The molecular weight excluding hydrogens is 329 g/mol. The second kappa shape index (κ2) is 4.20. The van der Waals surface area contributed by atoms with Crippen molar-refractivity contribution in [3.05, 3.63) is 32.7 Å². The van der Waals surface area contributed by atoms with Crippen molar-refractivity contribution in [3.8, 4) is 0 Å². The Labute approximate surface area is 95.2 Å². The van der Waals surface area contributed by atoms with Gasteiger partial charge in [0.15, 0.2) is 6.10 Å². The Balaban J connectivity index is 3.03. The summed E-state index contributed by atoms with van der Waals surface area (Å²) in [6.07, 6.45) is -7.07. The summed E-state index contributed by atoms with van der Waals surface area (Å²) >= 11 is 6.17. The largest absolute Gasteiger partial charge is 0.418 e. The number of halogens is 5. The zero-order chi connectivity index (χ0) is 10.9. The molecule has 0 spiro atoms. The molecule has 1 aromatic rings. The van der Waals surface area contributed by atoms with Gasteiger partial charge in [-0.2, -0.15) is 13.2 Å². The fourth-order valence-corrected chi connectivity index (χ4v) is 1.51. The molecule has 0 saturated carbocycles. The van der Waals surface area contributed by atoms with Gasteiger partial charge in [-0.3, -0.25) is 0 Å². The van der Waals surface area contributed by atoms with E-state index >= 15 is 0 Å². The summed E-state index contributed by atoms with van der Waals surface area (Å²) in [5, 5.41) is 8.91. The van der Waals surface area contributed by atoms with Crippen LogP contribution in [0.25, 0.3) is 0 Å². The first-order chi connectivity index (χ1) is 6.32. The zero-order valence-corrected chi connectivity index (χ0v) is 9.82. The summed E-state index contributed by atoms with van der Waals surface area (Å²) in [5.74, 6) is 0. The maximum atomic E-state index is 12.1. The normalized spacial score (nSPS) is 14.1. The highest BCUT2D eigenvalue weighted by molar-refractivity contribution is 9.13. The smallest absolute Gasteiger partial charge is 0.379 e. The van der Waals surface area contributed by atoms with Gasteiger partial charge in [0.2, 0.25) is 0 Å². The predicted molar refractivity (Wildman–Crippen MR) is 52.9 cm³/mol. The SMILES string of the molecule is O[C@H](c1ccc(Br)c(Br)c1)C(F)(F)F. The molecule has 0 aliphatic rings. The molecule has 0 heterocycles. The topological polar surface area (TPSA) is 20.2 Å². The van der Waals surface area contributed by atoms with E-state index in [9.17, 15) is 13.2 Å². The summed E-state index contributed by atoms with van der Waals surface area (Å²) in [6, 6.07) is 3.88. The van der Waals surface area contributed by atoms with Gasteiger partial charge >= 0.3 is 6.18 Å². The minimum absolute atomic E-state index is 0.187. The molecule has 1 rings (SSSR count). The number of hydrogen-bond acceptors (Lipinski definition) is 1. The van der Waals surface area contributed by atoms with Gasteiger partial charge in [-0.1, -0.05) is 6.07 Å². The number of benzene rings is 1. The van der Waals surface area contributed by atoms with Gasteiger partial charge in [-0.15, -0.1) is 0 Å². The highest BCUT2D eigenvalue weighted by atomic mass is 79.9. The monoisotopic (exact) mass is 332 g/mol. The van der Waals surface area contributed by atoms with E-state index in [1.54, 1.807) is 0 Å². The summed E-state index contributed by atoms with van der Waals surface area (Å²) < 4.78 is 37.4. The van der Waals surface area contributed by atoms with Crippen molar-refractivity contribution < 1.29 is 18.3 Å². The maximum absolute atomic E-state index is 12.1. The molecule has 0 aliphatic heterocycles. The van der Waals surface area contributed by atoms with Gasteiger partial charge in [0.1, 0.15) is 0 Å². The van der Waals surface area contributed by atoms with Gasteiger partial charge in [0.25, 0.3) is 0 Å². The van der Waals surface area contributed by atoms with Crippen LogP contribution in [-0.2, 0) is 0 Å². The molecule has 0 unspecified atom stereocenters. The molecule has 1 N–H and O–H groups in total. The molecule has 0 amide bonds. The van der Waals surface area contributed by atoms with Crippen molar-refractivity contribution in [3.63, 3.8) is 0 Å². The number of hydrogen-bond donors (Lipinski definition) is 1. The molecule has 0 aliphatic carbocycles. The summed E-state index contributed by atoms with van der Waals surface area (Å²) in [7, 11) is 0. The highest BCUT2D eigenvalue weighted by Gasteiger charge is 2.39. The highest BCUT2D eigenvalue weighted by Crippen LogP contribution is 2.35. The van der Waals surface area contributed by atoms with E-state index in [2.05, 4.69) is 31.9 Å². The Morgan fingerprint density at radius 1 is 1.14 bits per heavy atom. The molecule has 1 atom stereocenters. The lowest BCUT2D eigenvalue weighted by Crippen LogP contribution is -2.20. The van der Waals surface area contributed by atoms with E-state index in [1.807, 2.05) is 0 Å². The molecule has 0 radical (unpaired) electrons. The van der Waals surface area contributed by atoms with Crippen LogP contribution in [0, 0.1) is 0 Å². The quantitative estimate of drug-likeness (QED) is 0.828. The first kappa shape index (κ1) is 12.0. The van der Waals surface area contributed by atoms with Crippen LogP contribution in [-0.4, -0.2) is 11.3 Å². The van der Waals surface area contributed by atoms with Crippen LogP contribution < -0.4 is 0 Å². The third kappa shape index (κ3) is 2.71. The minimum Gasteiger partial charge on any atom is -0.379 e. The molecule has 14 heavy (non-hydrogen) atoms. The van der Waals surface area contributed by atoms with E-state index in [1.165, 1.54) is 18.2 Å². The first-order valence-electron chi connectivity index (χ1n) is 3.52. The lowest BCUT2D eigenvalue weighted by Gasteiger charge is -2.15. The second-order valence-electron chi connectivity index (χ2n) is 2.62. The van der Waals surface area contributed by atoms with Crippen LogP contribution in [0.5, 0.6) is 0 Å². The Morgan fingerprint density at radius 2 is 1.71 bits per heavy atom. The van der Waals surface area contributed by atoms with Crippen LogP contribution in [0.1, 0.15) is 11.7 Å². The number of aliphatic hydroxyl groups excluding tert-OH is 1. The molecule has 6 heteroatoms. The molecule has 1 nitrogen and oxygen atoms in total. The average Bonchev–Trinajstić information content (AvgIpc) is 2.07. The van der Waals surface area contributed by atoms with Gasteiger partial charge in [0, 0.05) is 8.95 Å². The predicted octanol–water partition coefficient (Wildman–Crippen LogP) is 3.81. The van der Waals surface area contributed by atoms with Gasteiger partial charge in [0.05, 0.1) is 0 Å². The second-order valence-corrected chi connectivity index (χ2v) is 4.33. The minimum atomic E-state index is -4.63. The van der Waals surface area contributed by atoms with E-state index in [0.717, 1.165) is 0 Å². The Hall–Kier alpha value is -0.0700. The van der Waals surface area contributed by atoms with E-state index in [4.69, 9.17) is 5.11 Å². The van der Waals surface area contributed by atoms with E-state index < -0.39 is 12.3 Å². The fourth-order valence-electron chi connectivity index (χ4n) is 0.871. The summed E-state index contributed by atoms with van der Waals surface area (Å²) in [4.78, 5) is 0. The van der Waals surface area contributed by atoms with Crippen LogP contribution in [0.2, 0.25) is 0 Å². The Kier molecular flexibility index (Phi) is 3.60. The van der Waals surface area contributed by atoms with Gasteiger partial charge in [-0.05, 0) is 49.6 Å². The lowest BCUT2D eigenvalue weighted by atomic mass is 10.1. The van der Waals surface area contributed by atoms with Gasteiger partial charge < -0.3 is 5.11 Å². The molecule has 0 aromatic heterocycles. The zero-order valence-electron chi connectivity index (χ0n) is 6.65. The van der Waals surface area contributed by atoms with Crippen LogP contribution in [0.15, 0.2) is 27.1 Å². The van der Waals surface area contributed by atoms with Crippen molar-refractivity contribution >= 4 is 31.9 Å². The van der Waals surface area contributed by atoms with E-state index in [-0.39, 0.29) is 5.56 Å². The molecule has 0 fully saturated rings. The summed E-state index contributed by atoms with van der Waals surface area (Å²) in [5.41, 5.74) is -0.187. The molecular formula is C8H5Br2F3O. The number of rotatable bonds is 1. The van der Waals surface area contributed by atoms with Crippen LogP contribution >= 0.6 is 31.9 Å².